The predicted molar refractivity (Wildman–Crippen MR) is 124 cm³/mol. The van der Waals surface area contributed by atoms with Gasteiger partial charge in [0.05, 0.1) is 33.3 Å². The first-order chi connectivity index (χ1) is 16.6. The van der Waals surface area contributed by atoms with E-state index in [0.29, 0.717) is 28.5 Å². The number of hydrogen-bond donors (Lipinski definition) is 2. The van der Waals surface area contributed by atoms with Crippen LogP contribution in [0.2, 0.25) is 0 Å². The van der Waals surface area contributed by atoms with Gasteiger partial charge in [-0.3, -0.25) is 9.59 Å². The highest BCUT2D eigenvalue weighted by atomic mass is 19.4. The number of methoxy groups -OCH3 is 3. The predicted octanol–water partition coefficient (Wildman–Crippen LogP) is 5.16. The number of hydrogen-bond acceptors (Lipinski definition) is 5. The van der Waals surface area contributed by atoms with Gasteiger partial charge in [-0.1, -0.05) is 12.1 Å². The standard InChI is InChI=1S/C25H23F3N2O5/c1-33-20-10-15(11-21(34-2)23(20)35-3)12-22(31)29-18-8-4-6-16(13-18)24(32)30-19-9-5-7-17(14-19)25(26,27)28/h4-11,13-14H,12H2,1-3H3,(H,29,31)(H,30,32). The molecule has 0 aliphatic heterocycles. The van der Waals surface area contributed by atoms with Crippen LogP contribution in [0.15, 0.2) is 60.7 Å². The van der Waals surface area contributed by atoms with Crippen LogP contribution in [0.25, 0.3) is 0 Å². The van der Waals surface area contributed by atoms with Gasteiger partial charge in [-0.05, 0) is 54.1 Å². The Labute approximate surface area is 199 Å². The summed E-state index contributed by atoms with van der Waals surface area (Å²) in [6, 6.07) is 13.7. The Kier molecular flexibility index (Phi) is 7.85. The minimum absolute atomic E-state index is 0.00154. The Bertz CT molecular complexity index is 1200. The van der Waals surface area contributed by atoms with Crippen molar-refractivity contribution in [1.82, 2.24) is 0 Å². The van der Waals surface area contributed by atoms with Gasteiger partial charge in [0, 0.05) is 16.9 Å². The monoisotopic (exact) mass is 488 g/mol. The molecule has 2 amide bonds. The SMILES string of the molecule is COc1cc(CC(=O)Nc2cccc(C(=O)Nc3cccc(C(F)(F)F)c3)c2)cc(OC)c1OC. The van der Waals surface area contributed by atoms with Gasteiger partial charge in [0.25, 0.3) is 5.91 Å². The minimum atomic E-state index is -4.52. The van der Waals surface area contributed by atoms with Crippen molar-refractivity contribution in [2.45, 2.75) is 12.6 Å². The topological polar surface area (TPSA) is 85.9 Å². The molecule has 3 rings (SSSR count). The van der Waals surface area contributed by atoms with Crippen LogP contribution in [0.3, 0.4) is 0 Å². The molecule has 3 aromatic carbocycles. The molecule has 35 heavy (non-hydrogen) atoms. The van der Waals surface area contributed by atoms with Gasteiger partial charge in [-0.15, -0.1) is 0 Å². The van der Waals surface area contributed by atoms with Gasteiger partial charge < -0.3 is 24.8 Å². The highest BCUT2D eigenvalue weighted by molar-refractivity contribution is 6.05. The lowest BCUT2D eigenvalue weighted by Crippen LogP contribution is -2.16. The van der Waals surface area contributed by atoms with Gasteiger partial charge in [0.2, 0.25) is 11.7 Å². The van der Waals surface area contributed by atoms with Crippen LogP contribution in [0.4, 0.5) is 24.5 Å². The fourth-order valence-corrected chi connectivity index (χ4v) is 3.34. The van der Waals surface area contributed by atoms with Crippen molar-refractivity contribution in [1.29, 1.82) is 0 Å². The van der Waals surface area contributed by atoms with Crippen molar-refractivity contribution in [3.8, 4) is 17.2 Å². The molecule has 0 aliphatic carbocycles. The number of rotatable bonds is 8. The van der Waals surface area contributed by atoms with Crippen LogP contribution in [0.5, 0.6) is 17.2 Å². The molecule has 0 heterocycles. The van der Waals surface area contributed by atoms with Crippen LogP contribution in [0.1, 0.15) is 21.5 Å². The molecule has 3 aromatic rings. The van der Waals surface area contributed by atoms with Gasteiger partial charge in [-0.2, -0.15) is 13.2 Å². The average molecular weight is 488 g/mol. The first kappa shape index (κ1) is 25.4. The molecule has 0 bridgehead atoms. The fraction of sp³-hybridized carbons (Fsp3) is 0.200. The highest BCUT2D eigenvalue weighted by Crippen LogP contribution is 2.38. The lowest BCUT2D eigenvalue weighted by Gasteiger charge is -2.14. The minimum Gasteiger partial charge on any atom is -0.493 e. The number of carbonyl (C=O) groups excluding carboxylic acids is 2. The normalized spacial score (nSPS) is 10.9. The van der Waals surface area contributed by atoms with Crippen molar-refractivity contribution in [2.24, 2.45) is 0 Å². The van der Waals surface area contributed by atoms with E-state index < -0.39 is 17.6 Å². The number of halogens is 3. The van der Waals surface area contributed by atoms with E-state index in [1.165, 1.54) is 45.6 Å². The van der Waals surface area contributed by atoms with E-state index >= 15 is 0 Å². The van der Waals surface area contributed by atoms with Crippen molar-refractivity contribution in [3.05, 3.63) is 77.4 Å². The summed E-state index contributed by atoms with van der Waals surface area (Å²) < 4.78 is 54.6. The van der Waals surface area contributed by atoms with Crippen molar-refractivity contribution in [2.75, 3.05) is 32.0 Å². The third-order valence-electron chi connectivity index (χ3n) is 4.95. The number of benzene rings is 3. The number of amides is 2. The molecule has 0 fully saturated rings. The number of alkyl halides is 3. The van der Waals surface area contributed by atoms with E-state index in [2.05, 4.69) is 10.6 Å². The molecule has 10 heteroatoms. The molecule has 0 saturated carbocycles. The fourth-order valence-electron chi connectivity index (χ4n) is 3.34. The first-order valence-corrected chi connectivity index (χ1v) is 10.3. The maximum atomic E-state index is 12.9. The summed E-state index contributed by atoms with van der Waals surface area (Å²) in [6.07, 6.45) is -4.54. The van der Waals surface area contributed by atoms with Crippen molar-refractivity contribution in [3.63, 3.8) is 0 Å². The Hall–Kier alpha value is -4.21. The van der Waals surface area contributed by atoms with E-state index in [1.54, 1.807) is 24.3 Å². The van der Waals surface area contributed by atoms with Gasteiger partial charge in [0.1, 0.15) is 0 Å². The molecular formula is C25H23F3N2O5. The third-order valence-corrected chi connectivity index (χ3v) is 4.95. The molecule has 0 atom stereocenters. The third kappa shape index (κ3) is 6.44. The smallest absolute Gasteiger partial charge is 0.416 e. The lowest BCUT2D eigenvalue weighted by molar-refractivity contribution is -0.137. The molecule has 0 spiro atoms. The van der Waals surface area contributed by atoms with Crippen LogP contribution < -0.4 is 24.8 Å². The Morgan fingerprint density at radius 1 is 0.800 bits per heavy atom. The summed E-state index contributed by atoms with van der Waals surface area (Å²) in [4.78, 5) is 25.2. The summed E-state index contributed by atoms with van der Waals surface area (Å²) >= 11 is 0. The molecular weight excluding hydrogens is 465 g/mol. The molecule has 0 aliphatic rings. The molecule has 0 unspecified atom stereocenters. The summed E-state index contributed by atoms with van der Waals surface area (Å²) in [5.41, 5.74) is 0.243. The second-order valence-electron chi connectivity index (χ2n) is 7.37. The average Bonchev–Trinajstić information content (AvgIpc) is 2.83. The second kappa shape index (κ2) is 10.8. The number of carbonyl (C=O) groups is 2. The number of anilines is 2. The summed E-state index contributed by atoms with van der Waals surface area (Å²) in [5.74, 6) is 0.226. The first-order valence-electron chi connectivity index (χ1n) is 10.3. The molecule has 0 aromatic heterocycles. The zero-order valence-corrected chi connectivity index (χ0v) is 19.2. The zero-order valence-electron chi connectivity index (χ0n) is 19.2. The van der Waals surface area contributed by atoms with E-state index in [4.69, 9.17) is 14.2 Å². The zero-order chi connectivity index (χ0) is 25.6. The maximum Gasteiger partial charge on any atom is 0.416 e. The molecule has 184 valence electrons. The van der Waals surface area contributed by atoms with Gasteiger partial charge in [-0.25, -0.2) is 0 Å². The lowest BCUT2D eigenvalue weighted by atomic mass is 10.1. The number of ether oxygens (including phenoxy) is 3. The summed E-state index contributed by atoms with van der Waals surface area (Å²) in [6.45, 7) is 0. The molecule has 7 nitrogen and oxygen atoms in total. The molecule has 0 radical (unpaired) electrons. The van der Waals surface area contributed by atoms with Crippen LogP contribution in [0, 0.1) is 0 Å². The van der Waals surface area contributed by atoms with E-state index in [-0.39, 0.29) is 23.6 Å². The Morgan fingerprint density at radius 2 is 1.40 bits per heavy atom. The van der Waals surface area contributed by atoms with Crippen LogP contribution in [-0.2, 0) is 17.4 Å². The largest absolute Gasteiger partial charge is 0.493 e. The van der Waals surface area contributed by atoms with Crippen molar-refractivity contribution >= 4 is 23.2 Å². The van der Waals surface area contributed by atoms with E-state index in [1.807, 2.05) is 0 Å². The van der Waals surface area contributed by atoms with Crippen molar-refractivity contribution < 1.29 is 37.0 Å². The van der Waals surface area contributed by atoms with E-state index in [0.717, 1.165) is 12.1 Å². The summed E-state index contributed by atoms with van der Waals surface area (Å²) in [7, 11) is 4.41. The molecule has 0 saturated heterocycles. The summed E-state index contributed by atoms with van der Waals surface area (Å²) in [5, 5.41) is 5.14. The maximum absolute atomic E-state index is 12.9. The second-order valence-corrected chi connectivity index (χ2v) is 7.37. The Balaban J connectivity index is 1.71. The molecule has 2 N–H and O–H groups in total. The number of nitrogens with one attached hydrogen (secondary N) is 2. The van der Waals surface area contributed by atoms with Gasteiger partial charge in [0.15, 0.2) is 11.5 Å². The van der Waals surface area contributed by atoms with Crippen LogP contribution in [-0.4, -0.2) is 33.1 Å². The van der Waals surface area contributed by atoms with E-state index in [9.17, 15) is 22.8 Å². The quantitative estimate of drug-likeness (QED) is 0.457. The van der Waals surface area contributed by atoms with Crippen LogP contribution >= 0.6 is 0 Å². The van der Waals surface area contributed by atoms with Gasteiger partial charge >= 0.3 is 6.18 Å². The Morgan fingerprint density at radius 3 is 1.97 bits per heavy atom. The highest BCUT2D eigenvalue weighted by Gasteiger charge is 2.30.